The minimum atomic E-state index is -3.41. The summed E-state index contributed by atoms with van der Waals surface area (Å²) in [6.45, 7) is 4.06. The summed E-state index contributed by atoms with van der Waals surface area (Å²) in [6, 6.07) is 0. The molecule has 0 saturated carbocycles. The number of likely N-dealkylation sites (N-methyl/N-ethyl adjacent to an activating group) is 1. The summed E-state index contributed by atoms with van der Waals surface area (Å²) in [5, 5.41) is 0. The maximum atomic E-state index is 12.1. The van der Waals surface area contributed by atoms with Gasteiger partial charge in [0.15, 0.2) is 9.84 Å². The van der Waals surface area contributed by atoms with Crippen LogP contribution in [0.3, 0.4) is 0 Å². The number of nitrogens with zero attached hydrogens (tertiary/aromatic N) is 1. The summed E-state index contributed by atoms with van der Waals surface area (Å²) < 4.78 is 27.2. The van der Waals surface area contributed by atoms with Crippen LogP contribution < -0.4 is 0 Å². The molecule has 0 bridgehead atoms. The molecule has 0 aliphatic carbocycles. The molecule has 1 fully saturated rings. The first-order valence-electron chi connectivity index (χ1n) is 5.73. The number of hydrogen-bond acceptors (Lipinski definition) is 4. The number of carbonyl (C=O) groups is 1. The van der Waals surface area contributed by atoms with E-state index in [0.29, 0.717) is 6.54 Å². The Morgan fingerprint density at radius 3 is 2.47 bits per heavy atom. The summed E-state index contributed by atoms with van der Waals surface area (Å²) in [7, 11) is -1.79. The van der Waals surface area contributed by atoms with Crippen LogP contribution in [0.15, 0.2) is 0 Å². The van der Waals surface area contributed by atoms with Gasteiger partial charge in [0.05, 0.1) is 6.10 Å². The molecule has 6 heteroatoms. The van der Waals surface area contributed by atoms with E-state index in [1.807, 2.05) is 0 Å². The van der Waals surface area contributed by atoms with Gasteiger partial charge in [-0.15, -0.1) is 0 Å². The van der Waals surface area contributed by atoms with Crippen molar-refractivity contribution < 1.29 is 17.9 Å². The predicted molar refractivity (Wildman–Crippen MR) is 65.5 cm³/mol. The van der Waals surface area contributed by atoms with Crippen LogP contribution in [0.25, 0.3) is 0 Å². The molecule has 0 radical (unpaired) electrons. The fourth-order valence-corrected chi connectivity index (χ4v) is 2.27. The smallest absolute Gasteiger partial charge is 0.243 e. The molecular formula is C11H21NO4S. The van der Waals surface area contributed by atoms with Crippen molar-refractivity contribution in [2.24, 2.45) is 0 Å². The second-order valence-corrected chi connectivity index (χ2v) is 7.67. The highest BCUT2D eigenvalue weighted by Gasteiger charge is 2.40. The minimum Gasteiger partial charge on any atom is -0.376 e. The number of ether oxygens (including phenoxy) is 1. The lowest BCUT2D eigenvalue weighted by Crippen LogP contribution is -2.50. The SMILES string of the molecule is CN(CC1CCCO1)C(=O)C(C)(C)S(C)(=O)=O. The van der Waals surface area contributed by atoms with Crippen LogP contribution in [0.5, 0.6) is 0 Å². The predicted octanol–water partition coefficient (Wildman–Crippen LogP) is 0.447. The van der Waals surface area contributed by atoms with Gasteiger partial charge in [-0.3, -0.25) is 4.79 Å². The first-order valence-corrected chi connectivity index (χ1v) is 7.62. The van der Waals surface area contributed by atoms with Gasteiger partial charge >= 0.3 is 0 Å². The quantitative estimate of drug-likeness (QED) is 0.738. The summed E-state index contributed by atoms with van der Waals surface area (Å²) in [4.78, 5) is 13.5. The molecule has 1 saturated heterocycles. The Bertz CT molecular complexity index is 382. The van der Waals surface area contributed by atoms with E-state index in [4.69, 9.17) is 4.74 Å². The molecule has 0 aromatic carbocycles. The van der Waals surface area contributed by atoms with Gasteiger partial charge in [0, 0.05) is 26.5 Å². The highest BCUT2D eigenvalue weighted by molar-refractivity contribution is 7.92. The van der Waals surface area contributed by atoms with E-state index >= 15 is 0 Å². The lowest BCUT2D eigenvalue weighted by atomic mass is 10.1. The lowest BCUT2D eigenvalue weighted by Gasteiger charge is -2.29. The van der Waals surface area contributed by atoms with Gasteiger partial charge in [-0.1, -0.05) is 0 Å². The molecule has 1 amide bonds. The van der Waals surface area contributed by atoms with Gasteiger partial charge in [-0.05, 0) is 26.7 Å². The van der Waals surface area contributed by atoms with Crippen LogP contribution in [0, 0.1) is 0 Å². The summed E-state index contributed by atoms with van der Waals surface area (Å²) >= 11 is 0. The second kappa shape index (κ2) is 4.94. The molecule has 0 aromatic rings. The van der Waals surface area contributed by atoms with Crippen LogP contribution in [0.4, 0.5) is 0 Å². The third-order valence-corrected chi connectivity index (χ3v) is 5.32. The monoisotopic (exact) mass is 263 g/mol. The molecule has 1 aliphatic rings. The van der Waals surface area contributed by atoms with E-state index in [0.717, 1.165) is 25.7 Å². The van der Waals surface area contributed by atoms with Crippen LogP contribution in [0.2, 0.25) is 0 Å². The molecule has 0 spiro atoms. The van der Waals surface area contributed by atoms with Gasteiger partial charge in [0.2, 0.25) is 5.91 Å². The molecule has 17 heavy (non-hydrogen) atoms. The first-order chi connectivity index (χ1) is 7.66. The number of sulfone groups is 1. The molecule has 5 nitrogen and oxygen atoms in total. The molecule has 1 rings (SSSR count). The fraction of sp³-hybridized carbons (Fsp3) is 0.909. The van der Waals surface area contributed by atoms with Crippen molar-refractivity contribution in [2.75, 3.05) is 26.5 Å². The lowest BCUT2D eigenvalue weighted by molar-refractivity contribution is -0.133. The van der Waals surface area contributed by atoms with E-state index in [9.17, 15) is 13.2 Å². The van der Waals surface area contributed by atoms with Crippen LogP contribution in [0.1, 0.15) is 26.7 Å². The standard InChI is InChI=1S/C11H21NO4S/c1-11(2,17(4,14)15)10(13)12(3)8-9-6-5-7-16-9/h9H,5-8H2,1-4H3. The third-order valence-electron chi connectivity index (χ3n) is 3.29. The molecule has 0 aromatic heterocycles. The highest BCUT2D eigenvalue weighted by atomic mass is 32.2. The fourth-order valence-electron chi connectivity index (χ4n) is 1.79. The number of carbonyl (C=O) groups excluding carboxylic acids is 1. The van der Waals surface area contributed by atoms with E-state index in [-0.39, 0.29) is 12.0 Å². The largest absolute Gasteiger partial charge is 0.376 e. The average Bonchev–Trinajstić information content (AvgIpc) is 2.67. The van der Waals surface area contributed by atoms with Crippen molar-refractivity contribution in [3.63, 3.8) is 0 Å². The zero-order chi connectivity index (χ0) is 13.3. The zero-order valence-electron chi connectivity index (χ0n) is 10.9. The molecule has 1 unspecified atom stereocenters. The van der Waals surface area contributed by atoms with Gasteiger partial charge in [-0.25, -0.2) is 8.42 Å². The van der Waals surface area contributed by atoms with E-state index in [1.54, 1.807) is 7.05 Å². The minimum absolute atomic E-state index is 0.0410. The molecule has 1 atom stereocenters. The second-order valence-electron chi connectivity index (χ2n) is 5.10. The zero-order valence-corrected chi connectivity index (χ0v) is 11.7. The first kappa shape index (κ1) is 14.4. The maximum absolute atomic E-state index is 12.1. The normalized spacial score (nSPS) is 21.5. The van der Waals surface area contributed by atoms with Crippen molar-refractivity contribution in [1.29, 1.82) is 0 Å². The number of hydrogen-bond donors (Lipinski definition) is 0. The summed E-state index contributed by atoms with van der Waals surface area (Å²) in [5.74, 6) is -0.379. The van der Waals surface area contributed by atoms with Gasteiger partial charge in [0.25, 0.3) is 0 Å². The van der Waals surface area contributed by atoms with Crippen molar-refractivity contribution in [2.45, 2.75) is 37.5 Å². The van der Waals surface area contributed by atoms with Gasteiger partial charge in [0.1, 0.15) is 4.75 Å². The third kappa shape index (κ3) is 3.19. The highest BCUT2D eigenvalue weighted by Crippen LogP contribution is 2.20. The van der Waals surface area contributed by atoms with E-state index < -0.39 is 14.6 Å². The Balaban J connectivity index is 2.69. The Kier molecular flexibility index (Phi) is 4.19. The molecular weight excluding hydrogens is 242 g/mol. The molecule has 1 heterocycles. The Morgan fingerprint density at radius 1 is 1.47 bits per heavy atom. The van der Waals surface area contributed by atoms with E-state index in [2.05, 4.69) is 0 Å². The average molecular weight is 263 g/mol. The molecule has 1 aliphatic heterocycles. The van der Waals surface area contributed by atoms with Gasteiger partial charge < -0.3 is 9.64 Å². The van der Waals surface area contributed by atoms with E-state index in [1.165, 1.54) is 18.7 Å². The Hall–Kier alpha value is -0.620. The summed E-state index contributed by atoms with van der Waals surface area (Å²) in [6.07, 6.45) is 3.06. The number of amides is 1. The summed E-state index contributed by atoms with van der Waals surface area (Å²) in [5.41, 5.74) is 0. The van der Waals surface area contributed by atoms with Crippen molar-refractivity contribution >= 4 is 15.7 Å². The van der Waals surface area contributed by atoms with Crippen molar-refractivity contribution in [3.8, 4) is 0 Å². The van der Waals surface area contributed by atoms with Crippen LogP contribution >= 0.6 is 0 Å². The maximum Gasteiger partial charge on any atom is 0.243 e. The van der Waals surface area contributed by atoms with Crippen molar-refractivity contribution in [1.82, 2.24) is 4.90 Å². The number of rotatable bonds is 4. The molecule has 100 valence electrons. The topological polar surface area (TPSA) is 63.7 Å². The Morgan fingerprint density at radius 2 is 2.06 bits per heavy atom. The van der Waals surface area contributed by atoms with Crippen LogP contribution in [-0.4, -0.2) is 56.5 Å². The molecule has 0 N–H and O–H groups in total. The Labute approximate surface area is 103 Å². The van der Waals surface area contributed by atoms with Gasteiger partial charge in [-0.2, -0.15) is 0 Å². The van der Waals surface area contributed by atoms with Crippen molar-refractivity contribution in [3.05, 3.63) is 0 Å². The van der Waals surface area contributed by atoms with Crippen LogP contribution in [-0.2, 0) is 19.4 Å².